The maximum absolute atomic E-state index is 13.4. The van der Waals surface area contributed by atoms with Gasteiger partial charge in [0.05, 0.1) is 17.9 Å². The van der Waals surface area contributed by atoms with Crippen LogP contribution >= 0.6 is 0 Å². The highest BCUT2D eigenvalue weighted by Crippen LogP contribution is 2.38. The lowest BCUT2D eigenvalue weighted by Gasteiger charge is -2.34. The van der Waals surface area contributed by atoms with Crippen LogP contribution in [0.15, 0.2) is 53.7 Å². The van der Waals surface area contributed by atoms with Crippen LogP contribution < -0.4 is 20.1 Å². The lowest BCUT2D eigenvalue weighted by Crippen LogP contribution is -2.41. The first-order chi connectivity index (χ1) is 17.9. The number of nitrogen functional groups attached to an aromatic ring is 1. The summed E-state index contributed by atoms with van der Waals surface area (Å²) in [5.41, 5.74) is 6.88. The van der Waals surface area contributed by atoms with Crippen LogP contribution in [0.25, 0.3) is 11.3 Å². The van der Waals surface area contributed by atoms with E-state index in [-0.39, 0.29) is 23.4 Å². The highest BCUT2D eigenvalue weighted by atomic mass is 32.2. The molecule has 0 saturated carbocycles. The molecule has 0 bridgehead atoms. The van der Waals surface area contributed by atoms with Crippen molar-refractivity contribution in [1.82, 2.24) is 19.7 Å². The van der Waals surface area contributed by atoms with Gasteiger partial charge < -0.3 is 15.4 Å². The smallest absolute Gasteiger partial charge is 0.281 e. The summed E-state index contributed by atoms with van der Waals surface area (Å²) in [6.45, 7) is 11.6. The van der Waals surface area contributed by atoms with E-state index in [1.807, 2.05) is 12.1 Å². The van der Waals surface area contributed by atoms with Gasteiger partial charge in [0, 0.05) is 31.3 Å². The molecular formula is C27H36N6O4S. The summed E-state index contributed by atoms with van der Waals surface area (Å²) in [5.74, 6) is 0.844. The zero-order valence-corrected chi connectivity index (χ0v) is 23.1. The van der Waals surface area contributed by atoms with Crippen LogP contribution in [-0.4, -0.2) is 48.0 Å². The molecule has 4 heterocycles. The Hall–Kier alpha value is -3.73. The van der Waals surface area contributed by atoms with Gasteiger partial charge in [-0.1, -0.05) is 26.8 Å². The van der Waals surface area contributed by atoms with Crippen LogP contribution in [0.2, 0.25) is 0 Å². The fourth-order valence-corrected chi connectivity index (χ4v) is 5.60. The van der Waals surface area contributed by atoms with Crippen LogP contribution in [0.5, 0.6) is 5.88 Å². The second kappa shape index (κ2) is 10.6. The summed E-state index contributed by atoms with van der Waals surface area (Å²) in [4.78, 5) is 28.5. The first kappa shape index (κ1) is 27.3. The minimum Gasteiger partial charge on any atom is -0.477 e. The summed E-state index contributed by atoms with van der Waals surface area (Å²) in [6.07, 6.45) is 2.55. The van der Waals surface area contributed by atoms with Crippen LogP contribution in [-0.2, 0) is 10.0 Å². The molecule has 3 aromatic heterocycles. The third-order valence-electron chi connectivity index (χ3n) is 6.29. The van der Waals surface area contributed by atoms with Gasteiger partial charge in [0.25, 0.3) is 15.9 Å². The molecule has 204 valence electrons. The SMILES string of the molecule is CC(C)COc1cc(-c2ccc(C(=O)NS(=O)(=O)c3cccc(N)n3)c(N3C[C@@H](C)CC3(C)C)n2)ccn1.[HH]. The monoisotopic (exact) mass is 540 g/mol. The lowest BCUT2D eigenvalue weighted by molar-refractivity contribution is 0.0981. The van der Waals surface area contributed by atoms with E-state index in [0.29, 0.717) is 42.4 Å². The summed E-state index contributed by atoms with van der Waals surface area (Å²) in [5, 5.41) is -0.335. The van der Waals surface area contributed by atoms with E-state index < -0.39 is 15.9 Å². The number of amides is 1. The Morgan fingerprint density at radius 2 is 2.00 bits per heavy atom. The molecule has 38 heavy (non-hydrogen) atoms. The van der Waals surface area contributed by atoms with Crippen LogP contribution in [0.3, 0.4) is 0 Å². The van der Waals surface area contributed by atoms with E-state index in [0.717, 1.165) is 12.0 Å². The van der Waals surface area contributed by atoms with Crippen molar-refractivity contribution in [2.24, 2.45) is 11.8 Å². The van der Waals surface area contributed by atoms with Gasteiger partial charge in [-0.05, 0) is 62.4 Å². The number of nitrogens with two attached hydrogens (primary N) is 1. The van der Waals surface area contributed by atoms with Gasteiger partial charge in [-0.3, -0.25) is 4.79 Å². The van der Waals surface area contributed by atoms with Gasteiger partial charge in [-0.15, -0.1) is 0 Å². The number of carbonyl (C=O) groups excluding carboxylic acids is 1. The maximum Gasteiger partial charge on any atom is 0.281 e. The number of hydrogen-bond acceptors (Lipinski definition) is 9. The number of hydrogen-bond donors (Lipinski definition) is 2. The van der Waals surface area contributed by atoms with Crippen molar-refractivity contribution in [2.45, 2.75) is 51.6 Å². The maximum atomic E-state index is 13.4. The van der Waals surface area contributed by atoms with Gasteiger partial charge >= 0.3 is 0 Å². The van der Waals surface area contributed by atoms with Crippen molar-refractivity contribution in [3.63, 3.8) is 0 Å². The van der Waals surface area contributed by atoms with Gasteiger partial charge in [0.1, 0.15) is 11.6 Å². The van der Waals surface area contributed by atoms with Gasteiger partial charge in [-0.2, -0.15) is 8.42 Å². The number of nitrogens with zero attached hydrogens (tertiary/aromatic N) is 4. The van der Waals surface area contributed by atoms with Crippen molar-refractivity contribution < 1.29 is 19.4 Å². The average molecular weight is 541 g/mol. The Morgan fingerprint density at radius 1 is 1.24 bits per heavy atom. The number of nitrogens with one attached hydrogen (secondary N) is 1. The van der Waals surface area contributed by atoms with Gasteiger partial charge in [0.15, 0.2) is 5.03 Å². The zero-order valence-electron chi connectivity index (χ0n) is 22.3. The number of ether oxygens (including phenoxy) is 1. The van der Waals surface area contributed by atoms with Crippen molar-refractivity contribution in [3.05, 3.63) is 54.2 Å². The van der Waals surface area contributed by atoms with Crippen molar-refractivity contribution >= 4 is 27.6 Å². The fourth-order valence-electron chi connectivity index (χ4n) is 4.66. The van der Waals surface area contributed by atoms with Gasteiger partial charge in [0.2, 0.25) is 5.88 Å². The average Bonchev–Trinajstić information content (AvgIpc) is 3.13. The Kier molecular flexibility index (Phi) is 7.59. The minimum atomic E-state index is -4.25. The summed E-state index contributed by atoms with van der Waals surface area (Å²) >= 11 is 0. The van der Waals surface area contributed by atoms with Crippen molar-refractivity contribution in [3.8, 4) is 17.1 Å². The largest absolute Gasteiger partial charge is 0.477 e. The topological polar surface area (TPSA) is 140 Å². The normalized spacial score (nSPS) is 17.0. The number of sulfonamides is 1. The van der Waals surface area contributed by atoms with Crippen molar-refractivity contribution in [2.75, 3.05) is 23.8 Å². The van der Waals surface area contributed by atoms with Gasteiger partial charge in [-0.25, -0.2) is 19.7 Å². The fraction of sp³-hybridized carbons (Fsp3) is 0.407. The summed E-state index contributed by atoms with van der Waals surface area (Å²) < 4.78 is 33.7. The number of pyridine rings is 3. The molecule has 0 radical (unpaired) electrons. The lowest BCUT2D eigenvalue weighted by atomic mass is 9.97. The third kappa shape index (κ3) is 6.04. The molecule has 3 N–H and O–H groups in total. The third-order valence-corrected chi connectivity index (χ3v) is 7.52. The first-order valence-corrected chi connectivity index (χ1v) is 14.0. The highest BCUT2D eigenvalue weighted by molar-refractivity contribution is 7.90. The Balaban J connectivity index is 0.00000420. The molecule has 1 atom stereocenters. The van der Waals surface area contributed by atoms with E-state index in [2.05, 4.69) is 54.2 Å². The predicted octanol–water partition coefficient (Wildman–Crippen LogP) is 4.15. The van der Waals surface area contributed by atoms with E-state index in [1.54, 1.807) is 18.3 Å². The van der Waals surface area contributed by atoms with E-state index in [4.69, 9.17) is 15.5 Å². The molecule has 3 aromatic rings. The predicted molar refractivity (Wildman–Crippen MR) is 148 cm³/mol. The molecule has 1 aliphatic heterocycles. The highest BCUT2D eigenvalue weighted by Gasteiger charge is 2.39. The molecule has 4 rings (SSSR count). The molecule has 0 spiro atoms. The Morgan fingerprint density at radius 3 is 2.66 bits per heavy atom. The molecule has 11 heteroatoms. The molecule has 1 aliphatic rings. The molecular weight excluding hydrogens is 504 g/mol. The second-order valence-corrected chi connectivity index (χ2v) is 12.4. The quantitative estimate of drug-likeness (QED) is 0.431. The molecule has 1 fully saturated rings. The number of anilines is 2. The molecule has 10 nitrogen and oxygen atoms in total. The molecule has 0 unspecified atom stereocenters. The van der Waals surface area contributed by atoms with Crippen LogP contribution in [0.1, 0.15) is 52.8 Å². The van der Waals surface area contributed by atoms with Crippen LogP contribution in [0.4, 0.5) is 11.6 Å². The molecule has 0 aliphatic carbocycles. The zero-order chi connectivity index (χ0) is 27.7. The van der Waals surface area contributed by atoms with E-state index in [9.17, 15) is 13.2 Å². The Labute approximate surface area is 225 Å². The minimum absolute atomic E-state index is 0. The molecule has 0 aromatic carbocycles. The number of carbonyl (C=O) groups is 1. The molecule has 1 amide bonds. The second-order valence-electron chi connectivity index (χ2n) is 10.7. The van der Waals surface area contributed by atoms with E-state index >= 15 is 0 Å². The Bertz CT molecular complexity index is 1450. The van der Waals surface area contributed by atoms with Crippen LogP contribution in [0, 0.1) is 11.8 Å². The summed E-state index contributed by atoms with van der Waals surface area (Å²) in [6, 6.07) is 11.1. The van der Waals surface area contributed by atoms with E-state index in [1.165, 1.54) is 18.2 Å². The summed E-state index contributed by atoms with van der Waals surface area (Å²) in [7, 11) is -4.25. The molecule has 1 saturated heterocycles. The van der Waals surface area contributed by atoms with Crippen molar-refractivity contribution in [1.29, 1.82) is 0 Å². The number of aromatic nitrogens is 3. The standard InChI is InChI=1S/C27H34N6O4S.H2/c1-17(2)16-37-23-13-19(11-12-29-23)21-10-9-20(25(30-21)33-15-18(3)14-27(33,4)5)26(34)32-38(35,36)24-8-6-7-22(28)31-24;/h6-13,17-18H,14-16H2,1-5H3,(H2,28,31)(H,32,34);1H/t18-;/m0./s1. The number of rotatable bonds is 8. The first-order valence-electron chi connectivity index (χ1n) is 12.5.